The molecule has 1 aromatic carbocycles. The highest BCUT2D eigenvalue weighted by Gasteiger charge is 2.35. The number of hydrogen-bond donors (Lipinski definition) is 1. The first-order valence-corrected chi connectivity index (χ1v) is 8.46. The maximum atomic E-state index is 13.0. The molecule has 6 nitrogen and oxygen atoms in total. The lowest BCUT2D eigenvalue weighted by Crippen LogP contribution is -2.26. The molecule has 0 spiro atoms. The van der Waals surface area contributed by atoms with Crippen LogP contribution in [0.2, 0.25) is 0 Å². The number of allylic oxidation sites excluding steroid dienone is 5. The van der Waals surface area contributed by atoms with Crippen LogP contribution in [0.4, 0.5) is 3.89 Å². The van der Waals surface area contributed by atoms with Gasteiger partial charge in [-0.1, -0.05) is 24.3 Å². The van der Waals surface area contributed by atoms with Crippen molar-refractivity contribution in [2.75, 3.05) is 0 Å². The summed E-state index contributed by atoms with van der Waals surface area (Å²) < 4.78 is 32.8. The van der Waals surface area contributed by atoms with Gasteiger partial charge >= 0.3 is 11.6 Å². The average molecular weight is 346 g/mol. The first-order chi connectivity index (χ1) is 11.4. The van der Waals surface area contributed by atoms with Crippen LogP contribution < -0.4 is 0 Å². The molecule has 122 valence electrons. The number of carbonyl (C=O) groups is 1. The monoisotopic (exact) mass is 346 g/mol. The summed E-state index contributed by atoms with van der Waals surface area (Å²) >= 11 is 0. The molecule has 0 fully saturated rings. The SMILES string of the molecule is N#[N+]C(C(=O)N1Cc2ccccc2C1)=C1C=CC(=S(=O)(O)F)C=C1. The lowest BCUT2D eigenvalue weighted by molar-refractivity contribution is -0.127. The van der Waals surface area contributed by atoms with E-state index < -0.39 is 21.0 Å². The van der Waals surface area contributed by atoms with E-state index in [0.29, 0.717) is 13.1 Å². The second-order valence-electron chi connectivity index (χ2n) is 5.36. The first-order valence-electron chi connectivity index (χ1n) is 7.05. The van der Waals surface area contributed by atoms with Crippen LogP contribution in [0.3, 0.4) is 0 Å². The van der Waals surface area contributed by atoms with Crippen molar-refractivity contribution in [1.82, 2.24) is 4.90 Å². The van der Waals surface area contributed by atoms with Crippen LogP contribution in [0.5, 0.6) is 0 Å². The van der Waals surface area contributed by atoms with Crippen molar-refractivity contribution in [3.8, 4) is 0 Å². The van der Waals surface area contributed by atoms with Gasteiger partial charge in [0.15, 0.2) is 4.98 Å². The van der Waals surface area contributed by atoms with Crippen LogP contribution in [0.1, 0.15) is 11.1 Å². The fraction of sp³-hybridized carbons (Fsp3) is 0.125. The summed E-state index contributed by atoms with van der Waals surface area (Å²) in [5, 5.41) is 9.22. The highest BCUT2D eigenvalue weighted by atomic mass is 32.3. The van der Waals surface area contributed by atoms with Crippen molar-refractivity contribution in [2.45, 2.75) is 13.1 Å². The van der Waals surface area contributed by atoms with Gasteiger partial charge in [0.2, 0.25) is 15.6 Å². The highest BCUT2D eigenvalue weighted by molar-refractivity contribution is 7.93. The maximum absolute atomic E-state index is 13.0. The van der Waals surface area contributed by atoms with Gasteiger partial charge in [-0.2, -0.15) is 0 Å². The molecule has 1 aliphatic heterocycles. The molecule has 1 N–H and O–H groups in total. The third-order valence-electron chi connectivity index (χ3n) is 3.85. The Balaban J connectivity index is 1.89. The van der Waals surface area contributed by atoms with Gasteiger partial charge in [0.1, 0.15) is 0 Å². The largest absolute Gasteiger partial charge is 0.456 e. The van der Waals surface area contributed by atoms with Gasteiger partial charge < -0.3 is 4.90 Å². The molecule has 1 aromatic rings. The minimum Gasteiger partial charge on any atom is -0.324 e. The summed E-state index contributed by atoms with van der Waals surface area (Å²) in [5.41, 5.74) is 2.07. The molecule has 0 radical (unpaired) electrons. The molecule has 3 rings (SSSR count). The number of fused-ring (bicyclic) bond motifs is 1. The zero-order valence-corrected chi connectivity index (χ0v) is 13.2. The van der Waals surface area contributed by atoms with Gasteiger partial charge in [0.25, 0.3) is 0 Å². The standard InChI is InChI=1S/C16H12FN3O3S/c17-24(22,23)14-7-5-11(6-8-14)15(19-18)16(21)20-9-12-3-1-2-4-13(12)10-20/h1-8H,9-10H2/p+1. The van der Waals surface area contributed by atoms with Gasteiger partial charge in [-0.05, 0) is 35.4 Å². The van der Waals surface area contributed by atoms with Crippen LogP contribution in [-0.4, -0.2) is 24.4 Å². The van der Waals surface area contributed by atoms with E-state index >= 15 is 0 Å². The van der Waals surface area contributed by atoms with Gasteiger partial charge in [-0.25, -0.2) is 4.21 Å². The zero-order valence-electron chi connectivity index (χ0n) is 12.4. The van der Waals surface area contributed by atoms with E-state index in [0.717, 1.165) is 23.3 Å². The summed E-state index contributed by atoms with van der Waals surface area (Å²) in [6.45, 7) is 0.808. The molecule has 1 atom stereocenters. The van der Waals surface area contributed by atoms with Crippen molar-refractivity contribution in [3.63, 3.8) is 0 Å². The number of hydrogen-bond acceptors (Lipinski definition) is 3. The van der Waals surface area contributed by atoms with Crippen molar-refractivity contribution in [3.05, 3.63) is 75.9 Å². The molecule has 24 heavy (non-hydrogen) atoms. The molecule has 2 aliphatic rings. The third kappa shape index (κ3) is 2.99. The summed E-state index contributed by atoms with van der Waals surface area (Å²) in [5.74, 6) is -0.480. The van der Waals surface area contributed by atoms with E-state index in [-0.39, 0.29) is 11.3 Å². The average Bonchev–Trinajstić information content (AvgIpc) is 2.99. The van der Waals surface area contributed by atoms with Crippen LogP contribution in [0.25, 0.3) is 4.98 Å². The fourth-order valence-electron chi connectivity index (χ4n) is 2.63. The number of carbonyl (C=O) groups excluding carboxylic acids is 1. The normalized spacial score (nSPS) is 18.1. The molecule has 1 amide bonds. The molecule has 0 saturated carbocycles. The minimum atomic E-state index is -4.57. The smallest absolute Gasteiger partial charge is 0.324 e. The Hall–Kier alpha value is -2.76. The second-order valence-corrected chi connectivity index (χ2v) is 6.75. The lowest BCUT2D eigenvalue weighted by Gasteiger charge is -2.11. The molecule has 1 unspecified atom stereocenters. The summed E-state index contributed by atoms with van der Waals surface area (Å²) in [6.07, 6.45) is 4.69. The van der Waals surface area contributed by atoms with Crippen LogP contribution >= 0.6 is 0 Å². The number of benzene rings is 1. The summed E-state index contributed by atoms with van der Waals surface area (Å²) in [7, 11) is -4.57. The Labute approximate surface area is 138 Å². The Kier molecular flexibility index (Phi) is 4.05. The van der Waals surface area contributed by atoms with Crippen LogP contribution in [0, 0.1) is 5.39 Å². The summed E-state index contributed by atoms with van der Waals surface area (Å²) in [6, 6.07) is 7.62. The minimum absolute atomic E-state index is 0.211. The van der Waals surface area contributed by atoms with E-state index in [1.807, 2.05) is 24.3 Å². The molecular formula is C16H13FN3O3S+. The fourth-order valence-corrected chi connectivity index (χ4v) is 3.10. The van der Waals surface area contributed by atoms with Gasteiger partial charge in [0, 0.05) is 13.1 Å². The quantitative estimate of drug-likeness (QED) is 0.366. The Morgan fingerprint density at radius 1 is 1.17 bits per heavy atom. The van der Waals surface area contributed by atoms with E-state index in [1.54, 1.807) is 0 Å². The van der Waals surface area contributed by atoms with Crippen LogP contribution in [-0.2, 0) is 28.1 Å². The van der Waals surface area contributed by atoms with Gasteiger partial charge in [0.05, 0.1) is 10.4 Å². The summed E-state index contributed by atoms with van der Waals surface area (Å²) in [4.78, 5) is 16.8. The van der Waals surface area contributed by atoms with Gasteiger partial charge in [-0.3, -0.25) is 9.35 Å². The topological polar surface area (TPSA) is 85.8 Å². The predicted octanol–water partition coefficient (Wildman–Crippen LogP) is 2.58. The first kappa shape index (κ1) is 16.1. The second kappa shape index (κ2) is 6.03. The third-order valence-corrected chi connectivity index (χ3v) is 4.70. The van der Waals surface area contributed by atoms with Crippen molar-refractivity contribution >= 4 is 21.0 Å². The molecule has 0 aromatic heterocycles. The number of amides is 1. The Morgan fingerprint density at radius 2 is 1.71 bits per heavy atom. The zero-order chi connectivity index (χ0) is 17.3. The maximum Gasteiger partial charge on any atom is 0.456 e. The van der Waals surface area contributed by atoms with E-state index in [1.165, 1.54) is 17.1 Å². The molecule has 1 heterocycles. The van der Waals surface area contributed by atoms with Crippen molar-refractivity contribution in [1.29, 1.82) is 5.39 Å². The number of diazo groups is 1. The molecule has 1 aliphatic carbocycles. The molecule has 8 heteroatoms. The Morgan fingerprint density at radius 3 is 2.17 bits per heavy atom. The van der Waals surface area contributed by atoms with Crippen molar-refractivity contribution < 1.29 is 17.4 Å². The van der Waals surface area contributed by atoms with Crippen LogP contribution in [0.15, 0.2) is 59.8 Å². The Bertz CT molecular complexity index is 928. The predicted molar refractivity (Wildman–Crippen MR) is 88.0 cm³/mol. The number of rotatable bonds is 1. The van der Waals surface area contributed by atoms with E-state index in [2.05, 4.69) is 4.98 Å². The number of halogens is 1. The van der Waals surface area contributed by atoms with E-state index in [9.17, 15) is 18.3 Å². The van der Waals surface area contributed by atoms with E-state index in [4.69, 9.17) is 4.55 Å². The molecule has 0 bridgehead atoms. The molecular weight excluding hydrogens is 333 g/mol. The molecule has 0 saturated heterocycles. The highest BCUT2D eigenvalue weighted by Crippen LogP contribution is 2.25. The van der Waals surface area contributed by atoms with Crippen molar-refractivity contribution in [2.24, 2.45) is 0 Å². The van der Waals surface area contributed by atoms with Gasteiger partial charge in [-0.15, -0.1) is 3.89 Å². The number of nitrogens with zero attached hydrogens (tertiary/aromatic N) is 3. The lowest BCUT2D eigenvalue weighted by atomic mass is 10.1.